The lowest BCUT2D eigenvalue weighted by Crippen LogP contribution is -2.19. The summed E-state index contributed by atoms with van der Waals surface area (Å²) in [6.07, 6.45) is 5.28. The van der Waals surface area contributed by atoms with Crippen molar-refractivity contribution < 1.29 is 4.74 Å². The van der Waals surface area contributed by atoms with Gasteiger partial charge in [0.25, 0.3) is 0 Å². The van der Waals surface area contributed by atoms with Crippen molar-refractivity contribution in [2.24, 2.45) is 0 Å². The molecule has 0 saturated heterocycles. The van der Waals surface area contributed by atoms with Crippen LogP contribution in [0.15, 0.2) is 6.07 Å². The summed E-state index contributed by atoms with van der Waals surface area (Å²) in [7, 11) is 3.76. The molecule has 2 nitrogen and oxygen atoms in total. The first kappa shape index (κ1) is 11.1. The Balaban J connectivity index is 2.16. The number of hydrogen-bond acceptors (Lipinski definition) is 3. The number of aryl methyl sites for hydroxylation is 2. The summed E-state index contributed by atoms with van der Waals surface area (Å²) in [5, 5.41) is 3.31. The first-order valence-corrected chi connectivity index (χ1v) is 6.44. The van der Waals surface area contributed by atoms with E-state index in [-0.39, 0.29) is 0 Å². The summed E-state index contributed by atoms with van der Waals surface area (Å²) < 4.78 is 5.23. The van der Waals surface area contributed by atoms with Crippen LogP contribution < -0.4 is 5.32 Å². The molecule has 1 aliphatic carbocycles. The molecule has 0 radical (unpaired) electrons. The van der Waals surface area contributed by atoms with Crippen LogP contribution in [0.1, 0.15) is 34.2 Å². The normalized spacial score (nSPS) is 17.5. The van der Waals surface area contributed by atoms with Gasteiger partial charge < -0.3 is 10.1 Å². The lowest BCUT2D eigenvalue weighted by Gasteiger charge is -2.12. The number of fused-ring (bicyclic) bond motifs is 1. The maximum Gasteiger partial charge on any atom is 0.0665 e. The van der Waals surface area contributed by atoms with Gasteiger partial charge in [-0.2, -0.15) is 0 Å². The molecule has 0 aromatic carbocycles. The summed E-state index contributed by atoms with van der Waals surface area (Å²) in [5.41, 5.74) is 1.58. The van der Waals surface area contributed by atoms with Crippen LogP contribution in [-0.4, -0.2) is 20.8 Å². The molecule has 1 aromatic heterocycles. The number of likely N-dealkylation sites (N-methyl/N-ethyl adjacent to an activating group) is 1. The Kier molecular flexibility index (Phi) is 3.78. The Morgan fingerprint density at radius 1 is 1.47 bits per heavy atom. The van der Waals surface area contributed by atoms with Crippen LogP contribution >= 0.6 is 11.3 Å². The van der Waals surface area contributed by atoms with Gasteiger partial charge in [0.2, 0.25) is 0 Å². The lowest BCUT2D eigenvalue weighted by atomic mass is 9.99. The molecule has 2 rings (SSSR count). The molecule has 0 spiro atoms. The largest absolute Gasteiger partial charge is 0.383 e. The Labute approximate surface area is 95.6 Å². The number of methoxy groups -OCH3 is 1. The van der Waals surface area contributed by atoms with Crippen molar-refractivity contribution in [3.8, 4) is 0 Å². The third-order valence-electron chi connectivity index (χ3n) is 3.04. The first-order chi connectivity index (χ1) is 7.35. The van der Waals surface area contributed by atoms with E-state index in [9.17, 15) is 0 Å². The zero-order chi connectivity index (χ0) is 10.7. The maximum atomic E-state index is 5.23. The van der Waals surface area contributed by atoms with E-state index in [1.54, 1.807) is 17.6 Å². The van der Waals surface area contributed by atoms with Crippen molar-refractivity contribution in [3.05, 3.63) is 21.4 Å². The second kappa shape index (κ2) is 5.10. The number of ether oxygens (including phenoxy) is 1. The maximum absolute atomic E-state index is 5.23. The quantitative estimate of drug-likeness (QED) is 0.850. The van der Waals surface area contributed by atoms with Gasteiger partial charge in [-0.25, -0.2) is 0 Å². The SMILES string of the molecule is CNC(COC)c1cc2c(s1)CCCC2. The molecular weight excluding hydrogens is 206 g/mol. The Morgan fingerprint density at radius 2 is 2.27 bits per heavy atom. The van der Waals surface area contributed by atoms with Crippen molar-refractivity contribution >= 4 is 11.3 Å². The standard InChI is InChI=1S/C12H19NOS/c1-13-10(8-14-2)12-7-9-5-3-4-6-11(9)15-12/h7,10,13H,3-6,8H2,1-2H3. The molecular formula is C12H19NOS. The zero-order valence-electron chi connectivity index (χ0n) is 9.51. The molecule has 84 valence electrons. The number of rotatable bonds is 4. The monoisotopic (exact) mass is 225 g/mol. The summed E-state index contributed by atoms with van der Waals surface area (Å²) in [6.45, 7) is 0.760. The molecule has 3 heteroatoms. The minimum absolute atomic E-state index is 0.366. The van der Waals surface area contributed by atoms with Gasteiger partial charge in [0, 0.05) is 16.9 Å². The van der Waals surface area contributed by atoms with Gasteiger partial charge in [-0.1, -0.05) is 0 Å². The second-order valence-corrected chi connectivity index (χ2v) is 5.27. The van der Waals surface area contributed by atoms with Crippen LogP contribution in [0.25, 0.3) is 0 Å². The second-order valence-electron chi connectivity index (χ2n) is 4.10. The van der Waals surface area contributed by atoms with E-state index in [0.717, 1.165) is 6.61 Å². The molecule has 0 saturated carbocycles. The van der Waals surface area contributed by atoms with Crippen molar-refractivity contribution in [2.75, 3.05) is 20.8 Å². The molecule has 15 heavy (non-hydrogen) atoms. The Bertz CT molecular complexity index is 298. The average molecular weight is 225 g/mol. The van der Waals surface area contributed by atoms with Gasteiger partial charge >= 0.3 is 0 Å². The smallest absolute Gasteiger partial charge is 0.0665 e. The molecule has 0 fully saturated rings. The van der Waals surface area contributed by atoms with E-state index < -0.39 is 0 Å². The highest BCUT2D eigenvalue weighted by Crippen LogP contribution is 2.32. The van der Waals surface area contributed by atoms with Crippen molar-refractivity contribution in [1.82, 2.24) is 5.32 Å². The van der Waals surface area contributed by atoms with E-state index in [1.165, 1.54) is 30.6 Å². The predicted octanol–water partition coefficient (Wildman–Crippen LogP) is 2.53. The van der Waals surface area contributed by atoms with Gasteiger partial charge in [0.05, 0.1) is 12.6 Å². The number of hydrogen-bond donors (Lipinski definition) is 1. The van der Waals surface area contributed by atoms with Gasteiger partial charge in [-0.3, -0.25) is 0 Å². The van der Waals surface area contributed by atoms with E-state index >= 15 is 0 Å². The third-order valence-corrected chi connectivity index (χ3v) is 4.39. The van der Waals surface area contributed by atoms with Crippen LogP contribution in [0.2, 0.25) is 0 Å². The summed E-state index contributed by atoms with van der Waals surface area (Å²) in [6, 6.07) is 2.74. The predicted molar refractivity (Wildman–Crippen MR) is 64.6 cm³/mol. The van der Waals surface area contributed by atoms with E-state index in [2.05, 4.69) is 11.4 Å². The lowest BCUT2D eigenvalue weighted by molar-refractivity contribution is 0.171. The third kappa shape index (κ3) is 2.41. The molecule has 1 N–H and O–H groups in total. The zero-order valence-corrected chi connectivity index (χ0v) is 10.3. The number of thiophene rings is 1. The fourth-order valence-corrected chi connectivity index (χ4v) is 3.51. The van der Waals surface area contributed by atoms with E-state index in [0.29, 0.717) is 6.04 Å². The highest BCUT2D eigenvalue weighted by atomic mass is 32.1. The topological polar surface area (TPSA) is 21.3 Å². The molecule has 1 aromatic rings. The average Bonchev–Trinajstić information content (AvgIpc) is 2.69. The van der Waals surface area contributed by atoms with Crippen LogP contribution in [0.5, 0.6) is 0 Å². The van der Waals surface area contributed by atoms with Crippen LogP contribution in [-0.2, 0) is 17.6 Å². The fraction of sp³-hybridized carbons (Fsp3) is 0.667. The molecule has 1 aliphatic rings. The van der Waals surface area contributed by atoms with E-state index in [4.69, 9.17) is 4.74 Å². The van der Waals surface area contributed by atoms with Crippen molar-refractivity contribution in [1.29, 1.82) is 0 Å². The van der Waals surface area contributed by atoms with Crippen molar-refractivity contribution in [2.45, 2.75) is 31.7 Å². The van der Waals surface area contributed by atoms with Gasteiger partial charge in [0.1, 0.15) is 0 Å². The van der Waals surface area contributed by atoms with Crippen LogP contribution in [0.3, 0.4) is 0 Å². The highest BCUT2D eigenvalue weighted by molar-refractivity contribution is 7.12. The van der Waals surface area contributed by atoms with Gasteiger partial charge in [-0.15, -0.1) is 11.3 Å². The fourth-order valence-electron chi connectivity index (χ4n) is 2.16. The minimum Gasteiger partial charge on any atom is -0.383 e. The highest BCUT2D eigenvalue weighted by Gasteiger charge is 2.17. The number of nitrogens with one attached hydrogen (secondary N) is 1. The Morgan fingerprint density at radius 3 is 2.93 bits per heavy atom. The molecule has 0 bridgehead atoms. The first-order valence-electron chi connectivity index (χ1n) is 5.63. The molecule has 0 amide bonds. The van der Waals surface area contributed by atoms with Gasteiger partial charge in [0.15, 0.2) is 0 Å². The Hall–Kier alpha value is -0.380. The van der Waals surface area contributed by atoms with E-state index in [1.807, 2.05) is 18.4 Å². The summed E-state index contributed by atoms with van der Waals surface area (Å²) in [5.74, 6) is 0. The van der Waals surface area contributed by atoms with Crippen molar-refractivity contribution in [3.63, 3.8) is 0 Å². The molecule has 1 heterocycles. The van der Waals surface area contributed by atoms with Gasteiger partial charge in [-0.05, 0) is 44.4 Å². The summed E-state index contributed by atoms with van der Waals surface area (Å²) in [4.78, 5) is 3.04. The summed E-state index contributed by atoms with van der Waals surface area (Å²) >= 11 is 1.97. The molecule has 0 aliphatic heterocycles. The minimum atomic E-state index is 0.366. The van der Waals surface area contributed by atoms with Crippen LogP contribution in [0, 0.1) is 0 Å². The molecule has 1 unspecified atom stereocenters. The van der Waals surface area contributed by atoms with Crippen LogP contribution in [0.4, 0.5) is 0 Å². The molecule has 1 atom stereocenters.